The monoisotopic (exact) mass is 705 g/mol. The van der Waals surface area contributed by atoms with Gasteiger partial charge in [-0.1, -0.05) is 140 Å². The fourth-order valence-corrected chi connectivity index (χ4v) is 7.61. The third-order valence-corrected chi connectivity index (χ3v) is 10.4. The maximum absolute atomic E-state index is 5.31. The molecule has 1 aliphatic carbocycles. The summed E-state index contributed by atoms with van der Waals surface area (Å²) in [5.74, 6) is 3.82. The maximum atomic E-state index is 5.31. The second-order valence-corrected chi connectivity index (χ2v) is 14.5. The highest BCUT2D eigenvalue weighted by atomic mass is 15.2. The summed E-state index contributed by atoms with van der Waals surface area (Å²) in [5, 5.41) is 14.5. The summed E-state index contributed by atoms with van der Waals surface area (Å²) in [6.07, 6.45) is 14.0. The zero-order valence-corrected chi connectivity index (χ0v) is 32.3. The van der Waals surface area contributed by atoms with Gasteiger partial charge in [0, 0.05) is 62.0 Å². The lowest BCUT2D eigenvalue weighted by Gasteiger charge is -2.52. The van der Waals surface area contributed by atoms with Crippen LogP contribution in [0, 0.1) is 0 Å². The zero-order valence-electron chi connectivity index (χ0n) is 32.3. The van der Waals surface area contributed by atoms with Crippen molar-refractivity contribution in [2.45, 2.75) is 128 Å². The maximum Gasteiger partial charge on any atom is 0.224 e. The van der Waals surface area contributed by atoms with Gasteiger partial charge in [-0.15, -0.1) is 0 Å². The lowest BCUT2D eigenvalue weighted by molar-refractivity contribution is 0.220. The number of nitrogens with one attached hydrogen (secondary N) is 4. The summed E-state index contributed by atoms with van der Waals surface area (Å²) in [6, 6.07) is 26.5. The Bertz CT molecular complexity index is 1390. The topological polar surface area (TPSA) is 99.7 Å². The first-order chi connectivity index (χ1) is 25.7. The van der Waals surface area contributed by atoms with Crippen LogP contribution in [-0.2, 0) is 0 Å². The predicted molar refractivity (Wildman–Crippen MR) is 220 cm³/mol. The van der Waals surface area contributed by atoms with Crippen LogP contribution in [0.25, 0.3) is 0 Å². The molecule has 0 radical (unpaired) electrons. The highest BCUT2D eigenvalue weighted by Gasteiger charge is 2.54. The van der Waals surface area contributed by atoms with E-state index in [0.29, 0.717) is 11.9 Å². The van der Waals surface area contributed by atoms with E-state index in [0.717, 1.165) is 74.9 Å². The lowest BCUT2D eigenvalue weighted by atomic mass is 9.50. The number of aromatic nitrogens is 4. The second-order valence-electron chi connectivity index (χ2n) is 14.5. The summed E-state index contributed by atoms with van der Waals surface area (Å²) in [6.45, 7) is 12.5. The molecule has 8 nitrogen and oxygen atoms in total. The van der Waals surface area contributed by atoms with Gasteiger partial charge in [0.05, 0.1) is 11.4 Å². The van der Waals surface area contributed by atoms with Crippen molar-refractivity contribution in [1.82, 2.24) is 19.9 Å². The van der Waals surface area contributed by atoms with E-state index in [9.17, 15) is 0 Å². The fraction of sp³-hybridized carbons (Fsp3) is 0.545. The van der Waals surface area contributed by atoms with Crippen LogP contribution in [0.2, 0.25) is 0 Å². The molecule has 1 aliphatic rings. The molecule has 8 heteroatoms. The third kappa shape index (κ3) is 10.9. The minimum atomic E-state index is 0.127. The minimum absolute atomic E-state index is 0.127. The van der Waals surface area contributed by atoms with Gasteiger partial charge in [0.15, 0.2) is 0 Å². The van der Waals surface area contributed by atoms with Crippen molar-refractivity contribution >= 4 is 23.5 Å². The highest BCUT2D eigenvalue weighted by molar-refractivity contribution is 5.52. The normalized spacial score (nSPS) is 18.1. The Labute approximate surface area is 313 Å². The number of hydrogen-bond acceptors (Lipinski definition) is 8. The highest BCUT2D eigenvalue weighted by Crippen LogP contribution is 2.66. The first kappa shape index (κ1) is 39.0. The average Bonchev–Trinajstić information content (AvgIpc) is 3.16. The van der Waals surface area contributed by atoms with Crippen molar-refractivity contribution in [2.24, 2.45) is 0 Å². The molecule has 1 saturated carbocycles. The number of hydrogen-bond donors (Lipinski definition) is 4. The van der Waals surface area contributed by atoms with Gasteiger partial charge in [-0.25, -0.2) is 9.97 Å². The Balaban J connectivity index is 1.59. The van der Waals surface area contributed by atoms with Gasteiger partial charge < -0.3 is 21.3 Å². The van der Waals surface area contributed by atoms with Crippen LogP contribution in [0.15, 0.2) is 72.8 Å². The van der Waals surface area contributed by atoms with Crippen LogP contribution in [0.5, 0.6) is 0 Å². The summed E-state index contributed by atoms with van der Waals surface area (Å²) < 4.78 is 0. The van der Waals surface area contributed by atoms with E-state index in [1.54, 1.807) is 0 Å². The van der Waals surface area contributed by atoms with Gasteiger partial charge >= 0.3 is 0 Å². The molecular weight excluding hydrogens is 641 g/mol. The number of benzene rings is 2. The van der Waals surface area contributed by atoms with Crippen LogP contribution in [0.1, 0.15) is 151 Å². The molecule has 0 saturated heterocycles. The van der Waals surface area contributed by atoms with Gasteiger partial charge in [-0.05, 0) is 36.8 Å². The van der Waals surface area contributed by atoms with E-state index < -0.39 is 0 Å². The molecule has 0 spiro atoms. The summed E-state index contributed by atoms with van der Waals surface area (Å²) in [4.78, 5) is 20.6. The molecule has 2 aromatic carbocycles. The van der Waals surface area contributed by atoms with Gasteiger partial charge in [0.1, 0.15) is 11.6 Å². The third-order valence-electron chi connectivity index (χ3n) is 10.4. The first-order valence-corrected chi connectivity index (χ1v) is 20.5. The number of anilines is 4. The molecule has 0 aliphatic heterocycles. The Morgan fingerprint density at radius 2 is 0.750 bits per heavy atom. The standard InChI is InChI=1S/C44H64N8/c1-5-9-19-27-45-37-31-35(49-43(51-37)47-29-21-11-7-3)41-39(33-23-15-13-16-24-33)42(40(41)34-25-17-14-18-26-34)36-32-38(46-28-20-10-6-2)52-44(50-36)48-30-22-12-8-4/h13-18,23-26,31-32,39-42H,5-12,19-22,27-30H2,1-4H3,(H2,45,47,49,51)(H2,46,48,50,52)/t39-,40-,41-,42-. The molecule has 1 fully saturated rings. The van der Waals surface area contributed by atoms with E-state index in [-0.39, 0.29) is 23.7 Å². The molecule has 4 aromatic rings. The van der Waals surface area contributed by atoms with Gasteiger partial charge in [0.2, 0.25) is 11.9 Å². The number of nitrogens with zero attached hydrogens (tertiary/aromatic N) is 4. The Hall–Kier alpha value is -4.20. The van der Waals surface area contributed by atoms with Crippen molar-refractivity contribution in [3.63, 3.8) is 0 Å². The lowest BCUT2D eigenvalue weighted by Crippen LogP contribution is -2.41. The van der Waals surface area contributed by atoms with E-state index in [1.807, 2.05) is 0 Å². The smallest absolute Gasteiger partial charge is 0.224 e. The quantitative estimate of drug-likeness (QED) is 0.0535. The average molecular weight is 705 g/mol. The van der Waals surface area contributed by atoms with E-state index in [4.69, 9.17) is 19.9 Å². The van der Waals surface area contributed by atoms with Gasteiger partial charge in [-0.3, -0.25) is 0 Å². The Kier molecular flexibility index (Phi) is 16.0. The summed E-state index contributed by atoms with van der Waals surface area (Å²) in [5.41, 5.74) is 4.78. The molecule has 280 valence electrons. The fourth-order valence-electron chi connectivity index (χ4n) is 7.61. The van der Waals surface area contributed by atoms with Gasteiger partial charge in [0.25, 0.3) is 0 Å². The molecule has 0 amide bonds. The molecule has 0 unspecified atom stereocenters. The Morgan fingerprint density at radius 3 is 1.10 bits per heavy atom. The molecule has 2 aromatic heterocycles. The van der Waals surface area contributed by atoms with Crippen LogP contribution in [0.3, 0.4) is 0 Å². The molecular formula is C44H64N8. The van der Waals surface area contributed by atoms with Crippen molar-refractivity contribution in [2.75, 3.05) is 47.4 Å². The number of unbranched alkanes of at least 4 members (excludes halogenated alkanes) is 8. The van der Waals surface area contributed by atoms with Crippen LogP contribution in [0.4, 0.5) is 23.5 Å². The van der Waals surface area contributed by atoms with Crippen LogP contribution < -0.4 is 21.3 Å². The van der Waals surface area contributed by atoms with Crippen LogP contribution >= 0.6 is 0 Å². The summed E-state index contributed by atoms with van der Waals surface area (Å²) >= 11 is 0. The predicted octanol–water partition coefficient (Wildman–Crippen LogP) is 11.1. The van der Waals surface area contributed by atoms with Gasteiger partial charge in [-0.2, -0.15) is 9.97 Å². The SMILES string of the molecule is CCCCCNc1cc([C@H]2[C@H](c3ccccc3)[C@H](c3cc(NCCCCC)nc(NCCCCC)n3)[C@H]2c2ccccc2)nc(NCCCCC)n1. The van der Waals surface area contributed by atoms with Crippen molar-refractivity contribution in [1.29, 1.82) is 0 Å². The first-order valence-electron chi connectivity index (χ1n) is 20.5. The largest absolute Gasteiger partial charge is 0.370 e. The molecule has 5 rings (SSSR count). The molecule has 0 atom stereocenters. The molecule has 4 N–H and O–H groups in total. The minimum Gasteiger partial charge on any atom is -0.370 e. The second kappa shape index (κ2) is 21.4. The zero-order chi connectivity index (χ0) is 36.4. The molecule has 52 heavy (non-hydrogen) atoms. The van der Waals surface area contributed by atoms with E-state index >= 15 is 0 Å². The molecule has 0 bridgehead atoms. The summed E-state index contributed by atoms with van der Waals surface area (Å²) in [7, 11) is 0. The van der Waals surface area contributed by atoms with Crippen LogP contribution in [-0.4, -0.2) is 46.1 Å². The number of rotatable bonds is 24. The molecule has 2 heterocycles. The Morgan fingerprint density at radius 1 is 0.404 bits per heavy atom. The van der Waals surface area contributed by atoms with E-state index in [1.165, 1.54) is 62.5 Å². The van der Waals surface area contributed by atoms with Crippen molar-refractivity contribution in [3.8, 4) is 0 Å². The van der Waals surface area contributed by atoms with Crippen molar-refractivity contribution < 1.29 is 0 Å². The van der Waals surface area contributed by atoms with E-state index in [2.05, 4.69) is 122 Å². The van der Waals surface area contributed by atoms with Crippen molar-refractivity contribution in [3.05, 3.63) is 95.3 Å².